The Labute approximate surface area is 106 Å². The van der Waals surface area contributed by atoms with E-state index in [9.17, 15) is 0 Å². The van der Waals surface area contributed by atoms with Crippen molar-refractivity contribution in [1.29, 1.82) is 0 Å². The third-order valence-electron chi connectivity index (χ3n) is 2.27. The molecule has 92 valence electrons. The van der Waals surface area contributed by atoms with Gasteiger partial charge in [0.05, 0.1) is 5.69 Å². The second-order valence-corrected chi connectivity index (χ2v) is 3.64. The van der Waals surface area contributed by atoms with Crippen LogP contribution in [0, 0.1) is 0 Å². The van der Waals surface area contributed by atoms with Crippen LogP contribution in [0.2, 0.25) is 0 Å². The van der Waals surface area contributed by atoms with Crippen molar-refractivity contribution in [3.63, 3.8) is 0 Å². The first-order valence-electron chi connectivity index (χ1n) is 5.79. The van der Waals surface area contributed by atoms with E-state index in [1.807, 2.05) is 54.6 Å². The number of hydrogen-bond acceptors (Lipinski definition) is 4. The monoisotopic (exact) mass is 241 g/mol. The highest BCUT2D eigenvalue weighted by atomic mass is 16.5. The number of nitrogens with zero attached hydrogens (tertiary/aromatic N) is 2. The van der Waals surface area contributed by atoms with E-state index in [-0.39, 0.29) is 0 Å². The van der Waals surface area contributed by atoms with E-state index in [2.05, 4.69) is 10.2 Å². The van der Waals surface area contributed by atoms with Crippen LogP contribution in [0.3, 0.4) is 0 Å². The molecule has 0 unspecified atom stereocenters. The molecule has 0 aliphatic rings. The highest BCUT2D eigenvalue weighted by Gasteiger charge is 2.00. The van der Waals surface area contributed by atoms with Crippen molar-refractivity contribution in [1.82, 2.24) is 0 Å². The Morgan fingerprint density at radius 3 is 2.39 bits per heavy atom. The molecule has 0 heterocycles. The Kier molecular flexibility index (Phi) is 4.44. The van der Waals surface area contributed by atoms with Crippen molar-refractivity contribution in [2.45, 2.75) is 0 Å². The summed E-state index contributed by atoms with van der Waals surface area (Å²) in [6.07, 6.45) is 0. The van der Waals surface area contributed by atoms with Crippen LogP contribution in [0.25, 0.3) is 0 Å². The van der Waals surface area contributed by atoms with Crippen molar-refractivity contribution in [2.75, 3.05) is 13.2 Å². The van der Waals surface area contributed by atoms with Gasteiger partial charge in [-0.2, -0.15) is 5.11 Å². The predicted molar refractivity (Wildman–Crippen MR) is 71.6 cm³/mol. The van der Waals surface area contributed by atoms with Crippen LogP contribution >= 0.6 is 0 Å². The summed E-state index contributed by atoms with van der Waals surface area (Å²) in [5.41, 5.74) is 6.93. The Morgan fingerprint density at radius 1 is 0.889 bits per heavy atom. The molecular weight excluding hydrogens is 226 g/mol. The first-order chi connectivity index (χ1) is 8.90. The second kappa shape index (κ2) is 6.51. The minimum atomic E-state index is 0.470. The van der Waals surface area contributed by atoms with Gasteiger partial charge in [-0.1, -0.05) is 30.3 Å². The Hall–Kier alpha value is -2.20. The molecule has 0 aliphatic heterocycles. The zero-order valence-corrected chi connectivity index (χ0v) is 9.99. The summed E-state index contributed by atoms with van der Waals surface area (Å²) >= 11 is 0. The van der Waals surface area contributed by atoms with Gasteiger partial charge in [-0.25, -0.2) is 0 Å². The first kappa shape index (κ1) is 12.3. The highest BCUT2D eigenvalue weighted by Crippen LogP contribution is 2.28. The molecule has 0 bridgehead atoms. The minimum Gasteiger partial charge on any atom is -0.490 e. The Bertz CT molecular complexity index is 511. The third-order valence-corrected chi connectivity index (χ3v) is 2.27. The average Bonchev–Trinajstić information content (AvgIpc) is 2.45. The molecule has 0 amide bonds. The summed E-state index contributed by atoms with van der Waals surface area (Å²) in [5.74, 6) is 0.697. The number of azo groups is 1. The fourth-order valence-corrected chi connectivity index (χ4v) is 1.44. The topological polar surface area (TPSA) is 60.0 Å². The summed E-state index contributed by atoms with van der Waals surface area (Å²) in [5, 5.41) is 8.35. The van der Waals surface area contributed by atoms with Crippen LogP contribution < -0.4 is 10.5 Å². The van der Waals surface area contributed by atoms with Gasteiger partial charge in [-0.15, -0.1) is 5.11 Å². The molecule has 4 nitrogen and oxygen atoms in total. The maximum Gasteiger partial charge on any atom is 0.146 e. The molecule has 2 aromatic rings. The average molecular weight is 241 g/mol. The number of nitrogens with two attached hydrogens (primary N) is 1. The second-order valence-electron chi connectivity index (χ2n) is 3.64. The van der Waals surface area contributed by atoms with Gasteiger partial charge in [-0.05, 0) is 24.3 Å². The normalized spacial score (nSPS) is 10.7. The van der Waals surface area contributed by atoms with Crippen LogP contribution in [0.15, 0.2) is 64.8 Å². The standard InChI is InChI=1S/C14H15N3O/c15-10-11-18-14-9-5-4-8-13(14)17-16-12-6-2-1-3-7-12/h1-9H,10-11,15H2. The van der Waals surface area contributed by atoms with E-state index in [0.717, 1.165) is 5.69 Å². The van der Waals surface area contributed by atoms with Crippen LogP contribution in [-0.4, -0.2) is 13.2 Å². The van der Waals surface area contributed by atoms with Crippen LogP contribution in [0.4, 0.5) is 11.4 Å². The molecule has 0 saturated carbocycles. The molecule has 0 aliphatic carbocycles. The highest BCUT2D eigenvalue weighted by molar-refractivity contribution is 5.51. The zero-order chi connectivity index (χ0) is 12.6. The number of ether oxygens (including phenoxy) is 1. The quantitative estimate of drug-likeness (QED) is 0.815. The lowest BCUT2D eigenvalue weighted by atomic mass is 10.3. The molecule has 0 spiro atoms. The van der Waals surface area contributed by atoms with Crippen molar-refractivity contribution in [2.24, 2.45) is 16.0 Å². The summed E-state index contributed by atoms with van der Waals surface area (Å²) < 4.78 is 5.50. The van der Waals surface area contributed by atoms with Gasteiger partial charge in [0.1, 0.15) is 18.0 Å². The van der Waals surface area contributed by atoms with Crippen molar-refractivity contribution < 1.29 is 4.74 Å². The fourth-order valence-electron chi connectivity index (χ4n) is 1.44. The van der Waals surface area contributed by atoms with Gasteiger partial charge in [0.2, 0.25) is 0 Å². The van der Waals surface area contributed by atoms with Crippen LogP contribution in [0.5, 0.6) is 5.75 Å². The van der Waals surface area contributed by atoms with Gasteiger partial charge in [0, 0.05) is 6.54 Å². The SMILES string of the molecule is NCCOc1ccccc1N=Nc1ccccc1. The third kappa shape index (κ3) is 3.40. The molecule has 4 heteroatoms. The molecule has 0 saturated heterocycles. The maximum absolute atomic E-state index is 5.50. The maximum atomic E-state index is 5.50. The summed E-state index contributed by atoms with van der Waals surface area (Å²) in [4.78, 5) is 0. The van der Waals surface area contributed by atoms with E-state index in [4.69, 9.17) is 10.5 Å². The molecule has 0 aromatic heterocycles. The van der Waals surface area contributed by atoms with Crippen LogP contribution in [-0.2, 0) is 0 Å². The number of rotatable bonds is 5. The minimum absolute atomic E-state index is 0.470. The van der Waals surface area contributed by atoms with Crippen molar-refractivity contribution in [3.05, 3.63) is 54.6 Å². The van der Waals surface area contributed by atoms with Crippen molar-refractivity contribution >= 4 is 11.4 Å². The lowest BCUT2D eigenvalue weighted by Gasteiger charge is -2.06. The number of benzene rings is 2. The summed E-state index contributed by atoms with van der Waals surface area (Å²) in [6.45, 7) is 0.946. The van der Waals surface area contributed by atoms with Gasteiger partial charge in [0.15, 0.2) is 0 Å². The van der Waals surface area contributed by atoms with E-state index >= 15 is 0 Å². The van der Waals surface area contributed by atoms with Crippen molar-refractivity contribution in [3.8, 4) is 5.75 Å². The predicted octanol–water partition coefficient (Wildman–Crippen LogP) is 3.44. The molecule has 2 aromatic carbocycles. The Balaban J connectivity index is 2.15. The van der Waals surface area contributed by atoms with Gasteiger partial charge < -0.3 is 10.5 Å². The van der Waals surface area contributed by atoms with E-state index in [0.29, 0.717) is 24.6 Å². The summed E-state index contributed by atoms with van der Waals surface area (Å²) in [7, 11) is 0. The van der Waals surface area contributed by atoms with Gasteiger partial charge >= 0.3 is 0 Å². The fraction of sp³-hybridized carbons (Fsp3) is 0.143. The molecule has 0 fully saturated rings. The lowest BCUT2D eigenvalue weighted by Crippen LogP contribution is -2.10. The summed E-state index contributed by atoms with van der Waals surface area (Å²) in [6, 6.07) is 17.1. The molecular formula is C14H15N3O. The molecule has 0 atom stereocenters. The van der Waals surface area contributed by atoms with Crippen LogP contribution in [0.1, 0.15) is 0 Å². The zero-order valence-electron chi connectivity index (χ0n) is 9.99. The number of para-hydroxylation sites is 1. The van der Waals surface area contributed by atoms with Gasteiger partial charge in [-0.3, -0.25) is 0 Å². The molecule has 0 radical (unpaired) electrons. The largest absolute Gasteiger partial charge is 0.490 e. The number of hydrogen-bond donors (Lipinski definition) is 1. The Morgan fingerprint density at radius 2 is 1.61 bits per heavy atom. The van der Waals surface area contributed by atoms with E-state index in [1.54, 1.807) is 0 Å². The molecule has 2 N–H and O–H groups in total. The van der Waals surface area contributed by atoms with E-state index in [1.165, 1.54) is 0 Å². The molecule has 18 heavy (non-hydrogen) atoms. The van der Waals surface area contributed by atoms with Gasteiger partial charge in [0.25, 0.3) is 0 Å². The smallest absolute Gasteiger partial charge is 0.146 e. The lowest BCUT2D eigenvalue weighted by molar-refractivity contribution is 0.329. The van der Waals surface area contributed by atoms with E-state index < -0.39 is 0 Å². The first-order valence-corrected chi connectivity index (χ1v) is 5.79. The molecule has 2 rings (SSSR count).